The SMILES string of the molecule is CCCCNC(=O)OCCN(CCOC(=O)NCCCC)CC(C)N. The molecule has 2 amide bonds. The first kappa shape index (κ1) is 23.5. The normalized spacial score (nSPS) is 11.9. The predicted molar refractivity (Wildman–Crippen MR) is 98.6 cm³/mol. The molecular weight excluding hydrogens is 324 g/mol. The molecule has 0 spiro atoms. The van der Waals surface area contributed by atoms with Crippen molar-refractivity contribution in [2.75, 3.05) is 45.9 Å². The molecule has 0 aliphatic carbocycles. The minimum absolute atomic E-state index is 0.0169. The van der Waals surface area contributed by atoms with E-state index in [0.717, 1.165) is 25.7 Å². The molecule has 0 heterocycles. The first-order chi connectivity index (χ1) is 12.0. The van der Waals surface area contributed by atoms with E-state index in [1.807, 2.05) is 11.8 Å². The zero-order valence-corrected chi connectivity index (χ0v) is 16.0. The fraction of sp³-hybridized carbons (Fsp3) is 0.882. The molecule has 0 aliphatic rings. The molecule has 0 fully saturated rings. The van der Waals surface area contributed by atoms with Crippen LogP contribution in [0.3, 0.4) is 0 Å². The minimum Gasteiger partial charge on any atom is -0.448 e. The van der Waals surface area contributed by atoms with E-state index in [0.29, 0.717) is 32.7 Å². The molecule has 0 aliphatic heterocycles. The van der Waals surface area contributed by atoms with Gasteiger partial charge in [0.05, 0.1) is 0 Å². The molecule has 25 heavy (non-hydrogen) atoms. The average molecular weight is 360 g/mol. The van der Waals surface area contributed by atoms with Crippen molar-refractivity contribution in [2.24, 2.45) is 5.73 Å². The summed E-state index contributed by atoms with van der Waals surface area (Å²) in [5.74, 6) is 0. The maximum Gasteiger partial charge on any atom is 0.407 e. The van der Waals surface area contributed by atoms with Crippen LogP contribution in [0.2, 0.25) is 0 Å². The van der Waals surface area contributed by atoms with Gasteiger partial charge in [0, 0.05) is 38.8 Å². The van der Waals surface area contributed by atoms with Crippen LogP contribution in [0.15, 0.2) is 0 Å². The van der Waals surface area contributed by atoms with Gasteiger partial charge in [-0.2, -0.15) is 0 Å². The molecule has 0 rings (SSSR count). The van der Waals surface area contributed by atoms with Gasteiger partial charge in [0.25, 0.3) is 0 Å². The Morgan fingerprint density at radius 1 is 0.960 bits per heavy atom. The summed E-state index contributed by atoms with van der Waals surface area (Å²) in [6.07, 6.45) is 3.11. The van der Waals surface area contributed by atoms with Crippen molar-refractivity contribution in [1.29, 1.82) is 0 Å². The zero-order valence-electron chi connectivity index (χ0n) is 16.0. The summed E-state index contributed by atoms with van der Waals surface area (Å²) < 4.78 is 10.3. The Balaban J connectivity index is 3.95. The molecule has 0 radical (unpaired) electrons. The summed E-state index contributed by atoms with van der Waals surface area (Å²) in [7, 11) is 0. The highest BCUT2D eigenvalue weighted by molar-refractivity contribution is 5.67. The number of rotatable bonds is 14. The molecule has 0 aromatic heterocycles. The molecule has 0 aromatic carbocycles. The van der Waals surface area contributed by atoms with E-state index < -0.39 is 12.2 Å². The monoisotopic (exact) mass is 360 g/mol. The van der Waals surface area contributed by atoms with E-state index >= 15 is 0 Å². The van der Waals surface area contributed by atoms with Crippen LogP contribution in [0.25, 0.3) is 0 Å². The third kappa shape index (κ3) is 15.7. The number of unbranched alkanes of at least 4 members (excludes halogenated alkanes) is 2. The van der Waals surface area contributed by atoms with E-state index in [4.69, 9.17) is 15.2 Å². The van der Waals surface area contributed by atoms with Gasteiger partial charge in [-0.05, 0) is 19.8 Å². The van der Waals surface area contributed by atoms with Gasteiger partial charge in [0.1, 0.15) is 13.2 Å². The summed E-state index contributed by atoms with van der Waals surface area (Å²) in [4.78, 5) is 25.0. The van der Waals surface area contributed by atoms with Crippen LogP contribution in [0.1, 0.15) is 46.5 Å². The highest BCUT2D eigenvalue weighted by Crippen LogP contribution is 1.94. The smallest absolute Gasteiger partial charge is 0.407 e. The number of amides is 2. The molecule has 4 N–H and O–H groups in total. The maximum absolute atomic E-state index is 11.5. The predicted octanol–water partition coefficient (Wildman–Crippen LogP) is 1.69. The molecule has 0 saturated carbocycles. The lowest BCUT2D eigenvalue weighted by Gasteiger charge is -2.23. The van der Waals surface area contributed by atoms with Gasteiger partial charge in [0.2, 0.25) is 0 Å². The highest BCUT2D eigenvalue weighted by atomic mass is 16.6. The van der Waals surface area contributed by atoms with E-state index in [-0.39, 0.29) is 19.3 Å². The Morgan fingerprint density at radius 3 is 1.76 bits per heavy atom. The van der Waals surface area contributed by atoms with Gasteiger partial charge in [-0.15, -0.1) is 0 Å². The lowest BCUT2D eigenvalue weighted by atomic mass is 10.3. The van der Waals surface area contributed by atoms with E-state index in [2.05, 4.69) is 24.5 Å². The fourth-order valence-corrected chi connectivity index (χ4v) is 2.07. The number of ether oxygens (including phenoxy) is 2. The summed E-state index contributed by atoms with van der Waals surface area (Å²) in [6, 6.07) is -0.0169. The third-order valence-corrected chi connectivity index (χ3v) is 3.43. The molecule has 8 nitrogen and oxygen atoms in total. The van der Waals surface area contributed by atoms with Crippen LogP contribution in [0.4, 0.5) is 9.59 Å². The summed E-state index contributed by atoms with van der Waals surface area (Å²) in [5.41, 5.74) is 5.84. The molecule has 1 unspecified atom stereocenters. The average Bonchev–Trinajstić information content (AvgIpc) is 2.54. The number of carbonyl (C=O) groups excluding carboxylic acids is 2. The van der Waals surface area contributed by atoms with Gasteiger partial charge >= 0.3 is 12.2 Å². The number of nitrogens with one attached hydrogen (secondary N) is 2. The van der Waals surface area contributed by atoms with Crippen molar-refractivity contribution in [3.63, 3.8) is 0 Å². The minimum atomic E-state index is -0.402. The van der Waals surface area contributed by atoms with Gasteiger partial charge in [0.15, 0.2) is 0 Å². The second-order valence-electron chi connectivity index (χ2n) is 6.11. The summed E-state index contributed by atoms with van der Waals surface area (Å²) >= 11 is 0. The lowest BCUT2D eigenvalue weighted by molar-refractivity contribution is 0.105. The maximum atomic E-state index is 11.5. The Hall–Kier alpha value is -1.54. The molecule has 148 valence electrons. The van der Waals surface area contributed by atoms with Gasteiger partial charge in [-0.1, -0.05) is 26.7 Å². The second kappa shape index (κ2) is 16.0. The van der Waals surface area contributed by atoms with Crippen LogP contribution in [-0.4, -0.2) is 69.1 Å². The zero-order chi connectivity index (χ0) is 18.9. The van der Waals surface area contributed by atoms with Gasteiger partial charge in [-0.25, -0.2) is 9.59 Å². The van der Waals surface area contributed by atoms with Crippen molar-refractivity contribution in [3.05, 3.63) is 0 Å². The van der Waals surface area contributed by atoms with Gasteiger partial charge < -0.3 is 25.8 Å². The van der Waals surface area contributed by atoms with Crippen molar-refractivity contribution in [2.45, 2.75) is 52.5 Å². The number of nitrogens with two attached hydrogens (primary N) is 1. The van der Waals surface area contributed by atoms with Crippen LogP contribution >= 0.6 is 0 Å². The van der Waals surface area contributed by atoms with Crippen molar-refractivity contribution in [1.82, 2.24) is 15.5 Å². The lowest BCUT2D eigenvalue weighted by Crippen LogP contribution is -2.40. The molecule has 8 heteroatoms. The highest BCUT2D eigenvalue weighted by Gasteiger charge is 2.10. The van der Waals surface area contributed by atoms with E-state index in [9.17, 15) is 9.59 Å². The van der Waals surface area contributed by atoms with E-state index in [1.54, 1.807) is 0 Å². The molecule has 0 saturated heterocycles. The molecule has 1 atom stereocenters. The van der Waals surface area contributed by atoms with Crippen molar-refractivity contribution in [3.8, 4) is 0 Å². The van der Waals surface area contributed by atoms with Crippen LogP contribution in [0, 0.1) is 0 Å². The first-order valence-corrected chi connectivity index (χ1v) is 9.28. The third-order valence-electron chi connectivity index (χ3n) is 3.43. The number of carbonyl (C=O) groups is 2. The topological polar surface area (TPSA) is 106 Å². The number of alkyl carbamates (subject to hydrolysis) is 2. The number of nitrogens with zero attached hydrogens (tertiary/aromatic N) is 1. The quantitative estimate of drug-likeness (QED) is 0.407. The Kier molecular flexibility index (Phi) is 15.0. The Bertz CT molecular complexity index is 326. The second-order valence-corrected chi connectivity index (χ2v) is 6.11. The summed E-state index contributed by atoms with van der Waals surface area (Å²) in [5, 5.41) is 5.40. The number of hydrogen-bond donors (Lipinski definition) is 3. The van der Waals surface area contributed by atoms with Crippen LogP contribution in [0.5, 0.6) is 0 Å². The largest absolute Gasteiger partial charge is 0.448 e. The Labute approximate surface area is 151 Å². The van der Waals surface area contributed by atoms with Crippen LogP contribution in [-0.2, 0) is 9.47 Å². The van der Waals surface area contributed by atoms with Gasteiger partial charge in [-0.3, -0.25) is 4.90 Å². The first-order valence-electron chi connectivity index (χ1n) is 9.28. The van der Waals surface area contributed by atoms with E-state index in [1.165, 1.54) is 0 Å². The molecular formula is C17H36N4O4. The van der Waals surface area contributed by atoms with Crippen molar-refractivity contribution < 1.29 is 19.1 Å². The Morgan fingerprint density at radius 2 is 1.40 bits per heavy atom. The fourth-order valence-electron chi connectivity index (χ4n) is 2.07. The molecule has 0 bridgehead atoms. The van der Waals surface area contributed by atoms with Crippen LogP contribution < -0.4 is 16.4 Å². The molecule has 0 aromatic rings. The number of hydrogen-bond acceptors (Lipinski definition) is 6. The van der Waals surface area contributed by atoms with Crippen molar-refractivity contribution >= 4 is 12.2 Å². The summed E-state index contributed by atoms with van der Waals surface area (Å²) in [6.45, 7) is 9.55. The standard InChI is InChI=1S/C17H36N4O4/c1-4-6-8-19-16(22)24-12-10-21(14-15(3)18)11-13-25-17(23)20-9-7-5-2/h15H,4-14,18H2,1-3H3,(H,19,22)(H,20,23).